The first-order valence-corrected chi connectivity index (χ1v) is 8.08. The van der Waals surface area contributed by atoms with Crippen LogP contribution in [-0.2, 0) is 0 Å². The minimum absolute atomic E-state index is 0.857. The van der Waals surface area contributed by atoms with Crippen LogP contribution in [0, 0.1) is 0 Å². The van der Waals surface area contributed by atoms with Crippen molar-refractivity contribution in [3.8, 4) is 0 Å². The van der Waals surface area contributed by atoms with Gasteiger partial charge in [-0.25, -0.2) is 0 Å². The maximum atomic E-state index is 2.30. The molecule has 0 saturated carbocycles. The normalized spacial score (nSPS) is 11.0. The van der Waals surface area contributed by atoms with Crippen LogP contribution in [0.4, 0.5) is 0 Å². The number of hydrogen-bond acceptors (Lipinski definition) is 0. The molecule has 0 aromatic heterocycles. The third kappa shape index (κ3) is 3.34. The zero-order valence-corrected chi connectivity index (χ0v) is 14.6. The van der Waals surface area contributed by atoms with Crippen molar-refractivity contribution in [3.05, 3.63) is 8.18 Å². The van der Waals surface area contributed by atoms with E-state index >= 15 is 0 Å². The molecule has 0 atom stereocenters. The van der Waals surface area contributed by atoms with Crippen molar-refractivity contribution in [1.29, 1.82) is 0 Å². The number of rotatable bonds is 0. The zero-order chi connectivity index (χ0) is 3.41. The molecule has 0 radical (unpaired) electrons. The standard InChI is InChI=1S/C2H2.2Sn.6H/c1-2;;;;;;;;/h1-2H;;;;;;;;. The van der Waals surface area contributed by atoms with Crippen LogP contribution in [0.1, 0.15) is 0 Å². The molecule has 0 saturated heterocycles. The van der Waals surface area contributed by atoms with E-state index < -0.39 is 0 Å². The van der Waals surface area contributed by atoms with Crippen LogP contribution in [0.5, 0.6) is 0 Å². The topological polar surface area (TPSA) is 0 Å². The summed E-state index contributed by atoms with van der Waals surface area (Å²) in [4.78, 5) is 0. The van der Waals surface area contributed by atoms with Crippen LogP contribution < -0.4 is 0 Å². The first-order chi connectivity index (χ1) is 1.91. The van der Waals surface area contributed by atoms with E-state index in [-0.39, 0.29) is 0 Å². The van der Waals surface area contributed by atoms with Gasteiger partial charge in [-0.2, -0.15) is 0 Å². The fourth-order valence-electron chi connectivity index (χ4n) is 0. The molecule has 0 heterocycles. The van der Waals surface area contributed by atoms with Gasteiger partial charge in [0.2, 0.25) is 0 Å². The van der Waals surface area contributed by atoms with E-state index in [2.05, 4.69) is 8.18 Å². The molecule has 24 valence electrons. The molecule has 0 nitrogen and oxygen atoms in total. The molecule has 0 bridgehead atoms. The van der Waals surface area contributed by atoms with Crippen molar-refractivity contribution in [2.24, 2.45) is 0 Å². The minimum atomic E-state index is 0.857. The Bertz CT molecular complexity index is 19.2. The van der Waals surface area contributed by atoms with Crippen molar-refractivity contribution in [3.63, 3.8) is 0 Å². The van der Waals surface area contributed by atoms with Gasteiger partial charge in [0.25, 0.3) is 0 Å². The van der Waals surface area contributed by atoms with Crippen molar-refractivity contribution in [1.82, 2.24) is 0 Å². The average molecular weight is 270 g/mol. The van der Waals surface area contributed by atoms with Gasteiger partial charge in [0, 0.05) is 0 Å². The second-order valence-corrected chi connectivity index (χ2v) is 4.47. The summed E-state index contributed by atoms with van der Waals surface area (Å²) in [5.41, 5.74) is 0. The summed E-state index contributed by atoms with van der Waals surface area (Å²) in [5, 5.41) is 0. The Morgan fingerprint density at radius 3 is 1.25 bits per heavy atom. The molecule has 0 rings (SSSR count). The molecule has 0 spiro atoms. The average Bonchev–Trinajstić information content (AvgIpc) is 1.37. The van der Waals surface area contributed by atoms with Gasteiger partial charge in [0.1, 0.15) is 0 Å². The van der Waals surface area contributed by atoms with E-state index in [9.17, 15) is 0 Å². The molecule has 0 unspecified atom stereocenters. The summed E-state index contributed by atoms with van der Waals surface area (Å²) in [5.74, 6) is 0. The van der Waals surface area contributed by atoms with E-state index in [0.717, 1.165) is 45.0 Å². The van der Waals surface area contributed by atoms with Gasteiger partial charge in [0.15, 0.2) is 0 Å². The molecule has 0 aliphatic rings. The Morgan fingerprint density at radius 1 is 1.00 bits per heavy atom. The van der Waals surface area contributed by atoms with Crippen molar-refractivity contribution in [2.45, 2.75) is 0 Å². The van der Waals surface area contributed by atoms with Gasteiger partial charge in [0.05, 0.1) is 0 Å². The summed E-state index contributed by atoms with van der Waals surface area (Å²) < 4.78 is 4.61. The van der Waals surface area contributed by atoms with Crippen LogP contribution in [0.2, 0.25) is 0 Å². The van der Waals surface area contributed by atoms with Crippen LogP contribution in [0.3, 0.4) is 0 Å². The predicted octanol–water partition coefficient (Wildman–Crippen LogP) is -1.81. The second-order valence-electron chi connectivity index (χ2n) is 0.667. The molecule has 0 aromatic rings. The molecule has 0 aliphatic carbocycles. The van der Waals surface area contributed by atoms with Crippen molar-refractivity contribution < 1.29 is 0 Å². The molecule has 2 heteroatoms. The Labute approximate surface area is 52.8 Å². The predicted molar refractivity (Wildman–Crippen MR) is 29.0 cm³/mol. The molecule has 0 aromatic carbocycles. The summed E-state index contributed by atoms with van der Waals surface area (Å²) in [6, 6.07) is 0. The van der Waals surface area contributed by atoms with Gasteiger partial charge in [-0.05, 0) is 0 Å². The van der Waals surface area contributed by atoms with Crippen LogP contribution in [0.15, 0.2) is 8.18 Å². The van der Waals surface area contributed by atoms with Crippen LogP contribution in [0.25, 0.3) is 0 Å². The molecule has 4 heavy (non-hydrogen) atoms. The van der Waals surface area contributed by atoms with E-state index in [1.807, 2.05) is 0 Å². The van der Waals surface area contributed by atoms with E-state index in [0.29, 0.717) is 0 Å². The second kappa shape index (κ2) is 4.34. The third-order valence-corrected chi connectivity index (χ3v) is 15.0. The van der Waals surface area contributed by atoms with Gasteiger partial charge in [-0.1, -0.05) is 0 Å². The number of hydrogen-bond donors (Lipinski definition) is 0. The van der Waals surface area contributed by atoms with E-state index in [1.54, 1.807) is 0 Å². The zero-order valence-electron chi connectivity index (χ0n) is 3.15. The molecule has 0 aliphatic heterocycles. The third-order valence-electron chi connectivity index (χ3n) is 0.333. The summed E-state index contributed by atoms with van der Waals surface area (Å²) in [6.07, 6.45) is 0. The SMILES string of the molecule is [SnH3][CH]=[CH][SnH3]. The Kier molecular flexibility index (Phi) is 5.79. The molecular formula is C2H8Sn2. The van der Waals surface area contributed by atoms with Crippen molar-refractivity contribution in [2.75, 3.05) is 0 Å². The summed E-state index contributed by atoms with van der Waals surface area (Å²) in [7, 11) is 0. The Hall–Kier alpha value is 1.34. The maximum absolute atomic E-state index is 2.30. The fraction of sp³-hybridized carbons (Fsp3) is 0. The van der Waals surface area contributed by atoms with Crippen molar-refractivity contribution >= 4 is 45.0 Å². The van der Waals surface area contributed by atoms with E-state index in [1.165, 1.54) is 0 Å². The summed E-state index contributed by atoms with van der Waals surface area (Å²) >= 11 is 1.71. The quantitative estimate of drug-likeness (QED) is 0.455. The van der Waals surface area contributed by atoms with Gasteiger partial charge < -0.3 is 0 Å². The molecular weight excluding hydrogens is 261 g/mol. The van der Waals surface area contributed by atoms with Gasteiger partial charge in [-0.3, -0.25) is 0 Å². The van der Waals surface area contributed by atoms with Crippen LogP contribution >= 0.6 is 0 Å². The Balaban J connectivity index is 2.55. The monoisotopic (exact) mass is 272 g/mol. The molecule has 0 N–H and O–H groups in total. The molecule has 0 amide bonds. The van der Waals surface area contributed by atoms with Gasteiger partial charge >= 0.3 is 53.2 Å². The van der Waals surface area contributed by atoms with Crippen LogP contribution in [-0.4, -0.2) is 45.0 Å². The first kappa shape index (κ1) is 5.34. The summed E-state index contributed by atoms with van der Waals surface area (Å²) in [6.45, 7) is 0. The molecule has 0 fully saturated rings. The fourth-order valence-corrected chi connectivity index (χ4v) is 0. The Morgan fingerprint density at radius 2 is 1.25 bits per heavy atom. The first-order valence-electron chi connectivity index (χ1n) is 1.49. The van der Waals surface area contributed by atoms with E-state index in [4.69, 9.17) is 0 Å². The van der Waals surface area contributed by atoms with Gasteiger partial charge in [-0.15, -0.1) is 0 Å².